The molecular formula is C10H12O2. The van der Waals surface area contributed by atoms with E-state index in [2.05, 4.69) is 6.08 Å². The molecule has 1 fully saturated rings. The summed E-state index contributed by atoms with van der Waals surface area (Å²) in [5.41, 5.74) is 0. The molecule has 2 aliphatic rings. The Kier molecular flexibility index (Phi) is 1.63. The van der Waals surface area contributed by atoms with Crippen LogP contribution in [0.15, 0.2) is 12.2 Å². The molecule has 2 heteroatoms. The molecule has 64 valence electrons. The van der Waals surface area contributed by atoms with Crippen LogP contribution >= 0.6 is 0 Å². The third-order valence-corrected chi connectivity index (χ3v) is 2.96. The second kappa shape index (κ2) is 2.54. The minimum absolute atomic E-state index is 0.00231. The van der Waals surface area contributed by atoms with E-state index in [1.807, 2.05) is 13.0 Å². The van der Waals surface area contributed by atoms with E-state index < -0.39 is 0 Å². The maximum Gasteiger partial charge on any atom is 0.144 e. The standard InChI is InChI=1S/C10H12O2/c1-6-3-2-4-7-8(11)5-9(12)10(6)7/h2-3,6-7,10H,4-5H2,1H3/t6-,7-,10-/m0/s1. The third-order valence-electron chi connectivity index (χ3n) is 2.96. The van der Waals surface area contributed by atoms with Crippen molar-refractivity contribution in [2.24, 2.45) is 17.8 Å². The summed E-state index contributed by atoms with van der Waals surface area (Å²) in [4.78, 5) is 22.7. The van der Waals surface area contributed by atoms with Crippen molar-refractivity contribution in [1.82, 2.24) is 0 Å². The number of Topliss-reactive ketones (excluding diaryl/α,β-unsaturated/α-hetero) is 2. The molecule has 0 aromatic rings. The first-order chi connectivity index (χ1) is 5.70. The van der Waals surface area contributed by atoms with Crippen LogP contribution in [0.4, 0.5) is 0 Å². The normalized spacial score (nSPS) is 40.2. The Bertz CT molecular complexity index is 265. The average molecular weight is 164 g/mol. The fourth-order valence-electron chi connectivity index (χ4n) is 2.34. The molecule has 2 aliphatic carbocycles. The van der Waals surface area contributed by atoms with E-state index in [0.29, 0.717) is 0 Å². The first-order valence-electron chi connectivity index (χ1n) is 4.42. The van der Waals surface area contributed by atoms with Crippen LogP contribution in [0.3, 0.4) is 0 Å². The summed E-state index contributed by atoms with van der Waals surface area (Å²) in [6.45, 7) is 2.02. The molecule has 12 heavy (non-hydrogen) atoms. The molecule has 0 aromatic carbocycles. The maximum atomic E-state index is 11.4. The van der Waals surface area contributed by atoms with Gasteiger partial charge in [-0.25, -0.2) is 0 Å². The van der Waals surface area contributed by atoms with Gasteiger partial charge in [-0.2, -0.15) is 0 Å². The van der Waals surface area contributed by atoms with Gasteiger partial charge in [0.2, 0.25) is 0 Å². The summed E-state index contributed by atoms with van der Waals surface area (Å²) in [7, 11) is 0. The number of fused-ring (bicyclic) bond motifs is 1. The van der Waals surface area contributed by atoms with Crippen LogP contribution in [0.2, 0.25) is 0 Å². The largest absolute Gasteiger partial charge is 0.299 e. The highest BCUT2D eigenvalue weighted by Crippen LogP contribution is 2.37. The second-order valence-electron chi connectivity index (χ2n) is 3.76. The van der Waals surface area contributed by atoms with Crippen LogP contribution in [-0.2, 0) is 9.59 Å². The molecule has 0 aliphatic heterocycles. The van der Waals surface area contributed by atoms with Crippen molar-refractivity contribution in [2.75, 3.05) is 0 Å². The fraction of sp³-hybridized carbons (Fsp3) is 0.600. The molecule has 0 saturated heterocycles. The number of hydrogen-bond donors (Lipinski definition) is 0. The van der Waals surface area contributed by atoms with E-state index >= 15 is 0 Å². The van der Waals surface area contributed by atoms with Crippen LogP contribution in [0.25, 0.3) is 0 Å². The minimum atomic E-state index is 0.00231. The lowest BCUT2D eigenvalue weighted by atomic mass is 9.78. The molecule has 0 bridgehead atoms. The van der Waals surface area contributed by atoms with Crippen LogP contribution in [-0.4, -0.2) is 11.6 Å². The van der Waals surface area contributed by atoms with Crippen LogP contribution in [0, 0.1) is 17.8 Å². The smallest absolute Gasteiger partial charge is 0.144 e. The van der Waals surface area contributed by atoms with Crippen molar-refractivity contribution in [3.8, 4) is 0 Å². The van der Waals surface area contributed by atoms with E-state index in [1.54, 1.807) is 0 Å². The number of rotatable bonds is 0. The molecule has 0 aromatic heterocycles. The van der Waals surface area contributed by atoms with Gasteiger partial charge in [-0.3, -0.25) is 9.59 Å². The Balaban J connectivity index is 2.32. The lowest BCUT2D eigenvalue weighted by molar-refractivity contribution is -0.123. The first kappa shape index (κ1) is 7.71. The van der Waals surface area contributed by atoms with Crippen LogP contribution in [0.5, 0.6) is 0 Å². The SMILES string of the molecule is C[C@H]1C=CC[C@H]2C(=O)CC(=O)[C@@H]12. The molecule has 0 N–H and O–H groups in total. The summed E-state index contributed by atoms with van der Waals surface area (Å²) >= 11 is 0. The maximum absolute atomic E-state index is 11.4. The molecule has 2 rings (SSSR count). The lowest BCUT2D eigenvalue weighted by Crippen LogP contribution is -2.25. The third kappa shape index (κ3) is 0.942. The number of allylic oxidation sites excluding steroid dienone is 2. The Labute approximate surface area is 71.6 Å². The van der Waals surface area contributed by atoms with Gasteiger partial charge in [-0.05, 0) is 12.3 Å². The Hall–Kier alpha value is -0.920. The van der Waals surface area contributed by atoms with Crippen molar-refractivity contribution in [3.05, 3.63) is 12.2 Å². The zero-order valence-corrected chi connectivity index (χ0v) is 7.12. The van der Waals surface area contributed by atoms with Gasteiger partial charge >= 0.3 is 0 Å². The molecular weight excluding hydrogens is 152 g/mol. The highest BCUT2D eigenvalue weighted by atomic mass is 16.2. The predicted molar refractivity (Wildman–Crippen MR) is 44.5 cm³/mol. The fourth-order valence-corrected chi connectivity index (χ4v) is 2.34. The predicted octanol–water partition coefficient (Wildman–Crippen LogP) is 1.36. The number of carbonyl (C=O) groups excluding carboxylic acids is 2. The van der Waals surface area contributed by atoms with E-state index in [9.17, 15) is 9.59 Å². The monoisotopic (exact) mass is 164 g/mol. The van der Waals surface area contributed by atoms with E-state index in [1.165, 1.54) is 0 Å². The minimum Gasteiger partial charge on any atom is -0.299 e. The quantitative estimate of drug-likeness (QED) is 0.400. The molecule has 0 spiro atoms. The molecule has 2 nitrogen and oxygen atoms in total. The van der Waals surface area contributed by atoms with Crippen molar-refractivity contribution in [3.63, 3.8) is 0 Å². The Morgan fingerprint density at radius 1 is 1.33 bits per heavy atom. The van der Waals surface area contributed by atoms with Crippen molar-refractivity contribution in [1.29, 1.82) is 0 Å². The molecule has 0 unspecified atom stereocenters. The zero-order chi connectivity index (χ0) is 8.72. The van der Waals surface area contributed by atoms with Gasteiger partial charge in [0.25, 0.3) is 0 Å². The molecule has 3 atom stereocenters. The van der Waals surface area contributed by atoms with E-state index in [-0.39, 0.29) is 35.7 Å². The van der Waals surface area contributed by atoms with Gasteiger partial charge in [-0.1, -0.05) is 19.1 Å². The number of ketones is 2. The van der Waals surface area contributed by atoms with Gasteiger partial charge in [-0.15, -0.1) is 0 Å². The van der Waals surface area contributed by atoms with Gasteiger partial charge in [0, 0.05) is 11.8 Å². The first-order valence-corrected chi connectivity index (χ1v) is 4.42. The summed E-state index contributed by atoms with van der Waals surface area (Å²) < 4.78 is 0. The van der Waals surface area contributed by atoms with Crippen molar-refractivity contribution >= 4 is 11.6 Å². The van der Waals surface area contributed by atoms with Gasteiger partial charge in [0.1, 0.15) is 11.6 Å². The van der Waals surface area contributed by atoms with Crippen molar-refractivity contribution < 1.29 is 9.59 Å². The highest BCUT2D eigenvalue weighted by molar-refractivity contribution is 6.08. The van der Waals surface area contributed by atoms with Crippen LogP contribution < -0.4 is 0 Å². The number of hydrogen-bond acceptors (Lipinski definition) is 2. The van der Waals surface area contributed by atoms with Gasteiger partial charge in [0.15, 0.2) is 0 Å². The highest BCUT2D eigenvalue weighted by Gasteiger charge is 2.44. The molecule has 0 radical (unpaired) electrons. The summed E-state index contributed by atoms with van der Waals surface area (Å²) in [6, 6.07) is 0. The zero-order valence-electron chi connectivity index (χ0n) is 7.12. The van der Waals surface area contributed by atoms with Crippen molar-refractivity contribution in [2.45, 2.75) is 19.8 Å². The molecule has 1 saturated carbocycles. The van der Waals surface area contributed by atoms with Gasteiger partial charge < -0.3 is 0 Å². The van der Waals surface area contributed by atoms with E-state index in [0.717, 1.165) is 6.42 Å². The molecule has 0 amide bonds. The Morgan fingerprint density at radius 2 is 2.08 bits per heavy atom. The van der Waals surface area contributed by atoms with Crippen LogP contribution in [0.1, 0.15) is 19.8 Å². The summed E-state index contributed by atoms with van der Waals surface area (Å²) in [5.74, 6) is 0.589. The Morgan fingerprint density at radius 3 is 2.75 bits per heavy atom. The lowest BCUT2D eigenvalue weighted by Gasteiger charge is -2.24. The summed E-state index contributed by atoms with van der Waals surface area (Å²) in [5, 5.41) is 0. The molecule has 0 heterocycles. The van der Waals surface area contributed by atoms with Gasteiger partial charge in [0.05, 0.1) is 6.42 Å². The van der Waals surface area contributed by atoms with E-state index in [4.69, 9.17) is 0 Å². The number of carbonyl (C=O) groups is 2. The topological polar surface area (TPSA) is 34.1 Å². The second-order valence-corrected chi connectivity index (χ2v) is 3.76. The summed E-state index contributed by atoms with van der Waals surface area (Å²) in [6.07, 6.45) is 5.04. The average Bonchev–Trinajstić information content (AvgIpc) is 2.29.